The summed E-state index contributed by atoms with van der Waals surface area (Å²) in [4.78, 5) is 4.50. The quantitative estimate of drug-likeness (QED) is 0.740. The van der Waals surface area contributed by atoms with Gasteiger partial charge in [0.2, 0.25) is 0 Å². The summed E-state index contributed by atoms with van der Waals surface area (Å²) in [5.74, 6) is 1.41. The van der Waals surface area contributed by atoms with Crippen LogP contribution in [0.3, 0.4) is 0 Å². The van der Waals surface area contributed by atoms with Gasteiger partial charge in [-0.1, -0.05) is 19.6 Å². The van der Waals surface area contributed by atoms with Crippen molar-refractivity contribution in [3.05, 3.63) is 17.9 Å². The molecular weight excluding hydrogens is 218 g/mol. The van der Waals surface area contributed by atoms with Crippen molar-refractivity contribution in [2.24, 2.45) is 4.99 Å². The number of ether oxygens (including phenoxy) is 1. The highest BCUT2D eigenvalue weighted by atomic mass is 28.3. The van der Waals surface area contributed by atoms with Gasteiger partial charge in [-0.25, -0.2) is 4.99 Å². The standard InChI is InChI=1S/C12H19NO2Si/c1-12(2)8-14-11(13-12)9-6-7-10(15-9)16(3,4)5/h6-7H,8H2,1-5H3. The second kappa shape index (κ2) is 3.48. The van der Waals surface area contributed by atoms with Gasteiger partial charge in [0, 0.05) is 0 Å². The summed E-state index contributed by atoms with van der Waals surface area (Å²) in [7, 11) is -1.38. The van der Waals surface area contributed by atoms with E-state index in [1.807, 2.05) is 6.07 Å². The monoisotopic (exact) mass is 237 g/mol. The Morgan fingerprint density at radius 2 is 1.94 bits per heavy atom. The van der Waals surface area contributed by atoms with Gasteiger partial charge in [-0.15, -0.1) is 0 Å². The number of rotatable bonds is 2. The molecule has 0 radical (unpaired) electrons. The van der Waals surface area contributed by atoms with Crippen molar-refractivity contribution in [2.45, 2.75) is 39.0 Å². The first-order chi connectivity index (χ1) is 7.28. The summed E-state index contributed by atoms with van der Waals surface area (Å²) < 4.78 is 11.4. The molecule has 0 amide bonds. The summed E-state index contributed by atoms with van der Waals surface area (Å²) in [6, 6.07) is 4.02. The summed E-state index contributed by atoms with van der Waals surface area (Å²) in [5, 5.41) is 1.10. The Balaban J connectivity index is 2.27. The first-order valence-electron chi connectivity index (χ1n) is 5.61. The van der Waals surface area contributed by atoms with Crippen LogP contribution in [0.2, 0.25) is 19.6 Å². The lowest BCUT2D eigenvalue weighted by molar-refractivity contribution is 0.276. The highest BCUT2D eigenvalue weighted by Crippen LogP contribution is 2.20. The Morgan fingerprint density at radius 3 is 2.38 bits per heavy atom. The van der Waals surface area contributed by atoms with E-state index in [9.17, 15) is 0 Å². The third kappa shape index (κ3) is 2.21. The molecule has 0 bridgehead atoms. The van der Waals surface area contributed by atoms with Crippen molar-refractivity contribution in [3.8, 4) is 0 Å². The highest BCUT2D eigenvalue weighted by Gasteiger charge is 2.30. The van der Waals surface area contributed by atoms with Crippen LogP contribution >= 0.6 is 0 Å². The number of nitrogens with zero attached hydrogens (tertiary/aromatic N) is 1. The molecule has 2 rings (SSSR count). The van der Waals surface area contributed by atoms with Gasteiger partial charge in [-0.05, 0) is 26.0 Å². The molecule has 1 aromatic rings. The lowest BCUT2D eigenvalue weighted by Crippen LogP contribution is -2.36. The maximum absolute atomic E-state index is 5.83. The Morgan fingerprint density at radius 1 is 1.25 bits per heavy atom. The van der Waals surface area contributed by atoms with E-state index in [0.717, 1.165) is 11.1 Å². The first kappa shape index (κ1) is 11.5. The molecule has 0 aliphatic carbocycles. The smallest absolute Gasteiger partial charge is 0.253 e. The molecular formula is C12H19NO2Si. The summed E-state index contributed by atoms with van der Waals surface area (Å²) in [5.41, 5.74) is -0.124. The van der Waals surface area contributed by atoms with Gasteiger partial charge in [0.1, 0.15) is 14.7 Å². The minimum atomic E-state index is -1.38. The molecule has 0 spiro atoms. The van der Waals surface area contributed by atoms with Crippen molar-refractivity contribution in [1.29, 1.82) is 0 Å². The van der Waals surface area contributed by atoms with Crippen LogP contribution in [0.1, 0.15) is 19.6 Å². The predicted molar refractivity (Wildman–Crippen MR) is 68.3 cm³/mol. The van der Waals surface area contributed by atoms with Crippen LogP contribution in [0.25, 0.3) is 0 Å². The average Bonchev–Trinajstić information content (AvgIpc) is 2.68. The van der Waals surface area contributed by atoms with E-state index < -0.39 is 8.07 Å². The average molecular weight is 237 g/mol. The second-order valence-electron chi connectivity index (χ2n) is 5.93. The van der Waals surface area contributed by atoms with E-state index in [4.69, 9.17) is 9.15 Å². The zero-order chi connectivity index (χ0) is 12.0. The Kier molecular flexibility index (Phi) is 2.49. The van der Waals surface area contributed by atoms with Crippen molar-refractivity contribution in [2.75, 3.05) is 6.61 Å². The normalized spacial score (nSPS) is 19.4. The van der Waals surface area contributed by atoms with Crippen molar-refractivity contribution in [3.63, 3.8) is 0 Å². The molecule has 1 aromatic heterocycles. The Bertz CT molecular complexity index is 426. The van der Waals surface area contributed by atoms with E-state index >= 15 is 0 Å². The molecule has 0 saturated carbocycles. The molecule has 0 fully saturated rings. The maximum atomic E-state index is 5.83. The zero-order valence-corrected chi connectivity index (χ0v) is 11.6. The Hall–Kier alpha value is -1.03. The molecule has 1 aliphatic rings. The minimum Gasteiger partial charge on any atom is -0.473 e. The van der Waals surface area contributed by atoms with E-state index in [1.165, 1.54) is 0 Å². The van der Waals surface area contributed by atoms with Gasteiger partial charge in [-0.2, -0.15) is 0 Å². The zero-order valence-electron chi connectivity index (χ0n) is 10.6. The van der Waals surface area contributed by atoms with Crippen LogP contribution in [0.5, 0.6) is 0 Å². The van der Waals surface area contributed by atoms with Gasteiger partial charge < -0.3 is 9.15 Å². The summed E-state index contributed by atoms with van der Waals surface area (Å²) in [6.45, 7) is 11.5. The molecule has 1 aliphatic heterocycles. The number of hydrogen-bond donors (Lipinski definition) is 0. The van der Waals surface area contributed by atoms with Gasteiger partial charge in [-0.3, -0.25) is 0 Å². The maximum Gasteiger partial charge on any atom is 0.253 e. The molecule has 16 heavy (non-hydrogen) atoms. The SMILES string of the molecule is CC1(C)COC(c2ccc([Si](C)(C)C)o2)=N1. The van der Waals surface area contributed by atoms with Crippen LogP contribution in [0.15, 0.2) is 21.5 Å². The molecule has 2 heterocycles. The van der Waals surface area contributed by atoms with Crippen LogP contribution in [-0.2, 0) is 4.74 Å². The predicted octanol–water partition coefficient (Wildman–Crippen LogP) is 2.38. The third-order valence-corrected chi connectivity index (χ3v) is 4.27. The van der Waals surface area contributed by atoms with Gasteiger partial charge in [0.25, 0.3) is 5.90 Å². The first-order valence-corrected chi connectivity index (χ1v) is 9.11. The molecule has 3 nitrogen and oxygen atoms in total. The lowest BCUT2D eigenvalue weighted by atomic mass is 10.1. The molecule has 0 atom stereocenters. The number of aliphatic imine (C=N–C) groups is 1. The van der Waals surface area contributed by atoms with E-state index in [1.54, 1.807) is 0 Å². The molecule has 88 valence electrons. The highest BCUT2D eigenvalue weighted by molar-refractivity contribution is 6.87. The molecule has 0 aromatic carbocycles. The van der Waals surface area contributed by atoms with Crippen LogP contribution in [0, 0.1) is 0 Å². The molecule has 0 saturated heterocycles. The number of furan rings is 1. The second-order valence-corrected chi connectivity index (χ2v) is 10.9. The minimum absolute atomic E-state index is 0.124. The molecule has 0 unspecified atom stereocenters. The topological polar surface area (TPSA) is 34.7 Å². The van der Waals surface area contributed by atoms with E-state index in [0.29, 0.717) is 12.5 Å². The fraction of sp³-hybridized carbons (Fsp3) is 0.583. The van der Waals surface area contributed by atoms with Crippen molar-refractivity contribution >= 4 is 19.4 Å². The van der Waals surface area contributed by atoms with E-state index in [-0.39, 0.29) is 5.54 Å². The van der Waals surface area contributed by atoms with Gasteiger partial charge in [0.15, 0.2) is 5.76 Å². The fourth-order valence-electron chi connectivity index (χ4n) is 1.57. The van der Waals surface area contributed by atoms with Crippen LogP contribution in [-0.4, -0.2) is 26.1 Å². The molecule has 4 heteroatoms. The Labute approximate surface area is 97.5 Å². The van der Waals surface area contributed by atoms with E-state index in [2.05, 4.69) is 44.5 Å². The summed E-state index contributed by atoms with van der Waals surface area (Å²) >= 11 is 0. The van der Waals surface area contributed by atoms with Crippen molar-refractivity contribution < 1.29 is 9.15 Å². The molecule has 0 N–H and O–H groups in total. The summed E-state index contributed by atoms with van der Waals surface area (Å²) in [6.07, 6.45) is 0. The van der Waals surface area contributed by atoms with Gasteiger partial charge >= 0.3 is 0 Å². The van der Waals surface area contributed by atoms with Gasteiger partial charge in [0.05, 0.1) is 10.9 Å². The number of hydrogen-bond acceptors (Lipinski definition) is 3. The third-order valence-electron chi connectivity index (χ3n) is 2.52. The van der Waals surface area contributed by atoms with Crippen molar-refractivity contribution in [1.82, 2.24) is 0 Å². The van der Waals surface area contributed by atoms with Crippen LogP contribution < -0.4 is 5.38 Å². The lowest BCUT2D eigenvalue weighted by Gasteiger charge is -2.11. The van der Waals surface area contributed by atoms with Crippen LogP contribution in [0.4, 0.5) is 0 Å². The largest absolute Gasteiger partial charge is 0.473 e. The fourth-order valence-corrected chi connectivity index (χ4v) is 2.57.